The minimum Gasteiger partial charge on any atom is -0.349 e. The van der Waals surface area contributed by atoms with Gasteiger partial charge in [-0.2, -0.15) is 0 Å². The van der Waals surface area contributed by atoms with Crippen LogP contribution in [0.1, 0.15) is 23.0 Å². The largest absolute Gasteiger partial charge is 0.349 e. The lowest BCUT2D eigenvalue weighted by molar-refractivity contribution is -0.122. The van der Waals surface area contributed by atoms with Crippen LogP contribution in [0.4, 0.5) is 0 Å². The number of hydrogen-bond acceptors (Lipinski definition) is 5. The maximum Gasteiger partial charge on any atom is 0.251 e. The molecule has 0 saturated heterocycles. The van der Waals surface area contributed by atoms with Crippen molar-refractivity contribution in [3.05, 3.63) is 78.4 Å². The number of carbonyl (C=O) groups excluding carboxylic acids is 2. The molecule has 1 atom stereocenters. The van der Waals surface area contributed by atoms with Crippen LogP contribution in [-0.2, 0) is 11.3 Å². The summed E-state index contributed by atoms with van der Waals surface area (Å²) in [5.74, 6) is -0.568. The molecule has 2 amide bonds. The first kappa shape index (κ1) is 18.8. The average molecular weight is 405 g/mol. The smallest absolute Gasteiger partial charge is 0.251 e. The van der Waals surface area contributed by atoms with Crippen molar-refractivity contribution in [2.45, 2.75) is 19.5 Å². The predicted molar refractivity (Wildman–Crippen MR) is 112 cm³/mol. The van der Waals surface area contributed by atoms with Gasteiger partial charge in [-0.15, -0.1) is 0 Å². The Balaban J connectivity index is 1.40. The molecule has 0 spiro atoms. The van der Waals surface area contributed by atoms with Crippen LogP contribution in [0.15, 0.2) is 67.1 Å². The SMILES string of the molecule is C[C@H](NC(=O)c1ccc2nc(-n3cccc3)sc2c1)C(=O)NCc1ccccn1. The Kier molecular flexibility index (Phi) is 5.35. The Morgan fingerprint density at radius 3 is 2.72 bits per heavy atom. The second kappa shape index (κ2) is 8.24. The van der Waals surface area contributed by atoms with Crippen molar-refractivity contribution in [1.29, 1.82) is 0 Å². The van der Waals surface area contributed by atoms with Crippen LogP contribution in [0.2, 0.25) is 0 Å². The fraction of sp³-hybridized carbons (Fsp3) is 0.143. The molecule has 0 aliphatic rings. The van der Waals surface area contributed by atoms with E-state index in [-0.39, 0.29) is 11.8 Å². The summed E-state index contributed by atoms with van der Waals surface area (Å²) >= 11 is 1.50. The van der Waals surface area contributed by atoms with Crippen LogP contribution in [0.3, 0.4) is 0 Å². The van der Waals surface area contributed by atoms with Gasteiger partial charge in [-0.1, -0.05) is 17.4 Å². The molecule has 0 aliphatic carbocycles. The van der Waals surface area contributed by atoms with Crippen molar-refractivity contribution >= 4 is 33.4 Å². The van der Waals surface area contributed by atoms with E-state index in [4.69, 9.17) is 0 Å². The van der Waals surface area contributed by atoms with Gasteiger partial charge in [0.05, 0.1) is 22.5 Å². The fourth-order valence-corrected chi connectivity index (χ4v) is 3.78. The van der Waals surface area contributed by atoms with Crippen LogP contribution in [0, 0.1) is 0 Å². The van der Waals surface area contributed by atoms with Gasteiger partial charge in [0.25, 0.3) is 5.91 Å². The number of pyridine rings is 1. The zero-order valence-electron chi connectivity index (χ0n) is 15.7. The number of aromatic nitrogens is 3. The number of hydrogen-bond donors (Lipinski definition) is 2. The Labute approximate surface area is 171 Å². The Morgan fingerprint density at radius 2 is 1.97 bits per heavy atom. The number of nitrogens with zero attached hydrogens (tertiary/aromatic N) is 3. The Hall–Kier alpha value is -3.52. The van der Waals surface area contributed by atoms with Gasteiger partial charge in [0, 0.05) is 24.2 Å². The molecule has 146 valence electrons. The number of fused-ring (bicyclic) bond motifs is 1. The van der Waals surface area contributed by atoms with Gasteiger partial charge in [-0.25, -0.2) is 4.98 Å². The first-order valence-corrected chi connectivity index (χ1v) is 9.94. The van der Waals surface area contributed by atoms with Gasteiger partial charge in [-0.05, 0) is 49.4 Å². The standard InChI is InChI=1S/C21H19N5O2S/c1-14(19(27)23-13-16-6-2-3-9-22-16)24-20(28)15-7-8-17-18(12-15)29-21(25-17)26-10-4-5-11-26/h2-12,14H,13H2,1H3,(H,23,27)(H,24,28)/t14-/m0/s1. The van der Waals surface area contributed by atoms with Crippen LogP contribution in [0.5, 0.6) is 0 Å². The molecule has 0 fully saturated rings. The van der Waals surface area contributed by atoms with Crippen molar-refractivity contribution in [3.63, 3.8) is 0 Å². The molecule has 1 aromatic carbocycles. The molecule has 3 aromatic heterocycles. The van der Waals surface area contributed by atoms with E-state index in [9.17, 15) is 9.59 Å². The zero-order valence-corrected chi connectivity index (χ0v) is 16.5. The molecule has 0 unspecified atom stereocenters. The number of benzene rings is 1. The molecule has 8 heteroatoms. The summed E-state index contributed by atoms with van der Waals surface area (Å²) in [5, 5.41) is 6.35. The van der Waals surface area contributed by atoms with Crippen molar-refractivity contribution in [1.82, 2.24) is 25.2 Å². The highest BCUT2D eigenvalue weighted by molar-refractivity contribution is 7.20. The maximum absolute atomic E-state index is 12.6. The third-order valence-corrected chi connectivity index (χ3v) is 5.41. The molecular weight excluding hydrogens is 386 g/mol. The molecular formula is C21H19N5O2S. The topological polar surface area (TPSA) is 88.9 Å². The highest BCUT2D eigenvalue weighted by atomic mass is 32.1. The minimum absolute atomic E-state index is 0.266. The third-order valence-electron chi connectivity index (χ3n) is 4.38. The summed E-state index contributed by atoms with van der Waals surface area (Å²) in [7, 11) is 0. The molecule has 3 heterocycles. The average Bonchev–Trinajstić information content (AvgIpc) is 3.41. The monoisotopic (exact) mass is 405 g/mol. The minimum atomic E-state index is -0.668. The summed E-state index contributed by atoms with van der Waals surface area (Å²) in [4.78, 5) is 33.6. The van der Waals surface area contributed by atoms with Gasteiger partial charge in [0.15, 0.2) is 5.13 Å². The highest BCUT2D eigenvalue weighted by Crippen LogP contribution is 2.26. The van der Waals surface area contributed by atoms with E-state index in [1.165, 1.54) is 11.3 Å². The number of amides is 2. The fourth-order valence-electron chi connectivity index (χ4n) is 2.81. The van der Waals surface area contributed by atoms with E-state index in [1.54, 1.807) is 25.3 Å². The van der Waals surface area contributed by atoms with E-state index in [1.807, 2.05) is 53.4 Å². The Bertz CT molecular complexity index is 1140. The van der Waals surface area contributed by atoms with Crippen LogP contribution in [-0.4, -0.2) is 32.4 Å². The lowest BCUT2D eigenvalue weighted by atomic mass is 10.2. The summed E-state index contributed by atoms with van der Waals surface area (Å²) in [6, 6.07) is 14.0. The third kappa shape index (κ3) is 4.33. The quantitative estimate of drug-likeness (QED) is 0.516. The highest BCUT2D eigenvalue weighted by Gasteiger charge is 2.17. The van der Waals surface area contributed by atoms with Gasteiger partial charge in [-0.3, -0.25) is 14.6 Å². The van der Waals surface area contributed by atoms with E-state index >= 15 is 0 Å². The number of thiazole rings is 1. The van der Waals surface area contributed by atoms with Gasteiger partial charge >= 0.3 is 0 Å². The lowest BCUT2D eigenvalue weighted by Gasteiger charge is -2.14. The molecule has 2 N–H and O–H groups in total. The number of nitrogens with one attached hydrogen (secondary N) is 2. The van der Waals surface area contributed by atoms with Crippen molar-refractivity contribution in [3.8, 4) is 5.13 Å². The van der Waals surface area contributed by atoms with E-state index < -0.39 is 6.04 Å². The van der Waals surface area contributed by atoms with Gasteiger partial charge < -0.3 is 15.2 Å². The summed E-state index contributed by atoms with van der Waals surface area (Å²) in [6.07, 6.45) is 5.52. The maximum atomic E-state index is 12.6. The van der Waals surface area contributed by atoms with E-state index in [0.29, 0.717) is 12.1 Å². The number of carbonyl (C=O) groups is 2. The first-order chi connectivity index (χ1) is 14.1. The van der Waals surface area contributed by atoms with E-state index in [0.717, 1.165) is 21.0 Å². The molecule has 29 heavy (non-hydrogen) atoms. The second-order valence-corrected chi connectivity index (χ2v) is 7.51. The van der Waals surface area contributed by atoms with Crippen LogP contribution >= 0.6 is 11.3 Å². The molecule has 7 nitrogen and oxygen atoms in total. The first-order valence-electron chi connectivity index (χ1n) is 9.12. The molecule has 0 radical (unpaired) electrons. The predicted octanol–water partition coefficient (Wildman–Crippen LogP) is 2.92. The van der Waals surface area contributed by atoms with E-state index in [2.05, 4.69) is 20.6 Å². The normalized spacial score (nSPS) is 11.9. The summed E-state index contributed by atoms with van der Waals surface area (Å²) in [5.41, 5.74) is 2.08. The lowest BCUT2D eigenvalue weighted by Crippen LogP contribution is -2.44. The molecule has 0 bridgehead atoms. The molecule has 0 saturated carbocycles. The summed E-state index contributed by atoms with van der Waals surface area (Å²) in [6.45, 7) is 1.97. The molecule has 4 aromatic rings. The number of rotatable bonds is 6. The zero-order chi connectivity index (χ0) is 20.2. The van der Waals surface area contributed by atoms with Crippen molar-refractivity contribution in [2.24, 2.45) is 0 Å². The molecule has 0 aliphatic heterocycles. The van der Waals surface area contributed by atoms with Crippen LogP contribution in [0.25, 0.3) is 15.3 Å². The van der Waals surface area contributed by atoms with Crippen molar-refractivity contribution < 1.29 is 9.59 Å². The second-order valence-electron chi connectivity index (χ2n) is 6.50. The van der Waals surface area contributed by atoms with Crippen LogP contribution < -0.4 is 10.6 Å². The summed E-state index contributed by atoms with van der Waals surface area (Å²) < 4.78 is 2.84. The van der Waals surface area contributed by atoms with Gasteiger partial charge in [0.2, 0.25) is 5.91 Å². The van der Waals surface area contributed by atoms with Gasteiger partial charge in [0.1, 0.15) is 6.04 Å². The molecule has 4 rings (SSSR count). The Morgan fingerprint density at radius 1 is 1.14 bits per heavy atom. The van der Waals surface area contributed by atoms with Crippen molar-refractivity contribution in [2.75, 3.05) is 0 Å².